The molecule has 0 fully saturated rings. The normalized spacial score (nSPS) is 10.2. The van der Waals surface area contributed by atoms with Crippen LogP contribution in [-0.4, -0.2) is 39.0 Å². The minimum absolute atomic E-state index is 0.161. The maximum absolute atomic E-state index is 11.9. The molecule has 116 valence electrons. The summed E-state index contributed by atoms with van der Waals surface area (Å²) >= 11 is 0. The van der Waals surface area contributed by atoms with Gasteiger partial charge in [-0.15, -0.1) is 10.2 Å². The van der Waals surface area contributed by atoms with Crippen molar-refractivity contribution < 1.29 is 9.53 Å². The van der Waals surface area contributed by atoms with Gasteiger partial charge < -0.3 is 10.1 Å². The van der Waals surface area contributed by atoms with Crippen LogP contribution in [0.25, 0.3) is 0 Å². The number of nitrogens with zero attached hydrogens (tertiary/aromatic N) is 4. The molecule has 0 aliphatic rings. The Morgan fingerprint density at radius 2 is 2.18 bits per heavy atom. The Balaban J connectivity index is 1.78. The summed E-state index contributed by atoms with van der Waals surface area (Å²) in [6.45, 7) is 3.19. The summed E-state index contributed by atoms with van der Waals surface area (Å²) in [5, 5.41) is 14.2. The largest absolute Gasteiger partial charge is 0.477 e. The number of hydrogen-bond acceptors (Lipinski definition) is 6. The molecule has 0 aromatic carbocycles. The summed E-state index contributed by atoms with van der Waals surface area (Å²) in [7, 11) is 0. The molecule has 2 aromatic heterocycles. The molecule has 22 heavy (non-hydrogen) atoms. The van der Waals surface area contributed by atoms with Crippen molar-refractivity contribution in [2.75, 3.05) is 13.2 Å². The number of amides is 1. The fourth-order valence-electron chi connectivity index (χ4n) is 1.74. The Morgan fingerprint density at radius 3 is 2.86 bits per heavy atom. The number of carbonyl (C=O) groups excluding carboxylic acids is 1. The maximum Gasteiger partial charge on any atom is 0.271 e. The first kappa shape index (κ1) is 15.6. The summed E-state index contributed by atoms with van der Waals surface area (Å²) in [4.78, 5) is 23.3. The number of rotatable bonds is 7. The highest BCUT2D eigenvalue weighted by molar-refractivity contribution is 5.92. The second-order valence-electron chi connectivity index (χ2n) is 4.38. The highest BCUT2D eigenvalue weighted by atomic mass is 16.5. The molecule has 1 N–H and O–H groups in total. The van der Waals surface area contributed by atoms with Crippen LogP contribution in [0.4, 0.5) is 0 Å². The van der Waals surface area contributed by atoms with E-state index < -0.39 is 0 Å². The average molecular weight is 303 g/mol. The quantitative estimate of drug-likeness (QED) is 0.736. The van der Waals surface area contributed by atoms with E-state index in [9.17, 15) is 9.59 Å². The van der Waals surface area contributed by atoms with Crippen LogP contribution in [0.5, 0.6) is 5.88 Å². The van der Waals surface area contributed by atoms with Crippen LogP contribution in [-0.2, 0) is 6.54 Å². The van der Waals surface area contributed by atoms with Crippen molar-refractivity contribution in [2.24, 2.45) is 0 Å². The molecule has 0 bridgehead atoms. The van der Waals surface area contributed by atoms with E-state index in [0.717, 1.165) is 0 Å². The average Bonchev–Trinajstić information content (AvgIpc) is 2.54. The summed E-state index contributed by atoms with van der Waals surface area (Å²) < 4.78 is 6.50. The number of aryl methyl sites for hydroxylation is 1. The van der Waals surface area contributed by atoms with Gasteiger partial charge >= 0.3 is 0 Å². The summed E-state index contributed by atoms with van der Waals surface area (Å²) in [5.74, 6) is 0.0671. The molecule has 2 aromatic rings. The Kier molecular flexibility index (Phi) is 5.58. The van der Waals surface area contributed by atoms with Gasteiger partial charge in [-0.25, -0.2) is 4.68 Å². The van der Waals surface area contributed by atoms with Gasteiger partial charge in [0.1, 0.15) is 0 Å². The predicted molar refractivity (Wildman–Crippen MR) is 78.6 cm³/mol. The molecule has 0 aliphatic heterocycles. The van der Waals surface area contributed by atoms with Crippen molar-refractivity contribution in [1.29, 1.82) is 0 Å². The first-order valence-electron chi connectivity index (χ1n) is 6.97. The number of ether oxygens (including phenoxy) is 1. The molecule has 0 aliphatic carbocycles. The van der Waals surface area contributed by atoms with Crippen LogP contribution in [0.3, 0.4) is 0 Å². The third-order valence-electron chi connectivity index (χ3n) is 2.78. The van der Waals surface area contributed by atoms with Gasteiger partial charge in [0.2, 0.25) is 5.88 Å². The van der Waals surface area contributed by atoms with Crippen molar-refractivity contribution in [1.82, 2.24) is 25.3 Å². The van der Waals surface area contributed by atoms with Gasteiger partial charge in [0, 0.05) is 31.4 Å². The molecule has 0 saturated carbocycles. The van der Waals surface area contributed by atoms with Gasteiger partial charge in [-0.2, -0.15) is 5.10 Å². The molecule has 0 unspecified atom stereocenters. The van der Waals surface area contributed by atoms with Gasteiger partial charge in [0.05, 0.1) is 6.61 Å². The maximum atomic E-state index is 11.9. The SMILES string of the molecule is CCOc1ccc(C(=O)NCCCn2ncccc2=O)nn1. The Bertz CT molecular complexity index is 669. The second-order valence-corrected chi connectivity index (χ2v) is 4.38. The molecule has 0 saturated heterocycles. The van der Waals surface area contributed by atoms with E-state index in [0.29, 0.717) is 32.0 Å². The number of nitrogens with one attached hydrogen (secondary N) is 1. The number of carbonyl (C=O) groups is 1. The zero-order valence-corrected chi connectivity index (χ0v) is 12.2. The second kappa shape index (κ2) is 7.87. The van der Waals surface area contributed by atoms with E-state index in [2.05, 4.69) is 20.6 Å². The topological polar surface area (TPSA) is 99.0 Å². The smallest absolute Gasteiger partial charge is 0.271 e. The van der Waals surface area contributed by atoms with Crippen molar-refractivity contribution in [2.45, 2.75) is 19.9 Å². The minimum atomic E-state index is -0.316. The van der Waals surface area contributed by atoms with Crippen LogP contribution < -0.4 is 15.6 Å². The van der Waals surface area contributed by atoms with Crippen molar-refractivity contribution in [3.63, 3.8) is 0 Å². The number of hydrogen-bond donors (Lipinski definition) is 1. The Morgan fingerprint density at radius 1 is 1.32 bits per heavy atom. The molecule has 8 nitrogen and oxygen atoms in total. The molecule has 0 spiro atoms. The van der Waals surface area contributed by atoms with Gasteiger partial charge in [-0.05, 0) is 25.5 Å². The van der Waals surface area contributed by atoms with Crippen LogP contribution in [0, 0.1) is 0 Å². The highest BCUT2D eigenvalue weighted by Crippen LogP contribution is 2.04. The lowest BCUT2D eigenvalue weighted by Crippen LogP contribution is -2.28. The van der Waals surface area contributed by atoms with Crippen LogP contribution in [0.1, 0.15) is 23.8 Å². The van der Waals surface area contributed by atoms with Gasteiger partial charge in [0.15, 0.2) is 5.69 Å². The summed E-state index contributed by atoms with van der Waals surface area (Å²) in [6.07, 6.45) is 2.14. The molecular weight excluding hydrogens is 286 g/mol. The standard InChI is InChI=1S/C14H17N5O3/c1-2-22-12-7-6-11(17-18-12)14(21)15-8-4-10-19-13(20)5-3-9-16-19/h3,5-7,9H,2,4,8,10H2,1H3,(H,15,21). The van der Waals surface area contributed by atoms with Crippen LogP contribution in [0.15, 0.2) is 35.3 Å². The molecular formula is C14H17N5O3. The van der Waals surface area contributed by atoms with E-state index in [-0.39, 0.29) is 17.2 Å². The minimum Gasteiger partial charge on any atom is -0.477 e. The summed E-state index contributed by atoms with van der Waals surface area (Å²) in [6, 6.07) is 6.18. The van der Waals surface area contributed by atoms with Crippen LogP contribution in [0.2, 0.25) is 0 Å². The molecule has 0 radical (unpaired) electrons. The third-order valence-corrected chi connectivity index (χ3v) is 2.78. The van der Waals surface area contributed by atoms with Gasteiger partial charge in [-0.3, -0.25) is 9.59 Å². The van der Waals surface area contributed by atoms with Crippen molar-refractivity contribution >= 4 is 5.91 Å². The van der Waals surface area contributed by atoms with Crippen molar-refractivity contribution in [3.05, 3.63) is 46.5 Å². The molecule has 1 amide bonds. The van der Waals surface area contributed by atoms with E-state index in [1.165, 1.54) is 10.7 Å². The Hall–Kier alpha value is -2.77. The predicted octanol–water partition coefficient (Wildman–Crippen LogP) is 0.252. The molecule has 8 heteroatoms. The Labute approximate surface area is 127 Å². The number of aromatic nitrogens is 4. The first-order chi connectivity index (χ1) is 10.7. The van der Waals surface area contributed by atoms with E-state index in [1.807, 2.05) is 6.92 Å². The molecule has 0 atom stereocenters. The van der Waals surface area contributed by atoms with E-state index >= 15 is 0 Å². The third kappa shape index (κ3) is 4.37. The van der Waals surface area contributed by atoms with Gasteiger partial charge in [-0.1, -0.05) is 0 Å². The zero-order chi connectivity index (χ0) is 15.8. The molecule has 2 heterocycles. The summed E-state index contributed by atoms with van der Waals surface area (Å²) in [5.41, 5.74) is 0.0599. The van der Waals surface area contributed by atoms with Crippen LogP contribution >= 0.6 is 0 Å². The highest BCUT2D eigenvalue weighted by Gasteiger charge is 2.07. The monoisotopic (exact) mass is 303 g/mol. The lowest BCUT2D eigenvalue weighted by Gasteiger charge is -2.06. The zero-order valence-electron chi connectivity index (χ0n) is 12.2. The van der Waals surface area contributed by atoms with E-state index in [1.54, 1.807) is 24.4 Å². The fourth-order valence-corrected chi connectivity index (χ4v) is 1.74. The van der Waals surface area contributed by atoms with Gasteiger partial charge in [0.25, 0.3) is 11.5 Å². The lowest BCUT2D eigenvalue weighted by molar-refractivity contribution is 0.0946. The first-order valence-corrected chi connectivity index (χ1v) is 6.97. The fraction of sp³-hybridized carbons (Fsp3) is 0.357. The van der Waals surface area contributed by atoms with Crippen molar-refractivity contribution in [3.8, 4) is 5.88 Å². The lowest BCUT2D eigenvalue weighted by atomic mass is 10.3. The molecule has 2 rings (SSSR count). The van der Waals surface area contributed by atoms with E-state index in [4.69, 9.17) is 4.74 Å².